The lowest BCUT2D eigenvalue weighted by Gasteiger charge is -2.28. The number of carboxylic acid groups (broad SMARTS) is 2. The second-order valence-electron chi connectivity index (χ2n) is 5.03. The summed E-state index contributed by atoms with van der Waals surface area (Å²) in [5, 5.41) is 25.5. The van der Waals surface area contributed by atoms with Crippen LogP contribution in [0.1, 0.15) is 38.5 Å². The quantitative estimate of drug-likeness (QED) is 0.581. The molecular formula is C12H21NO5. The summed E-state index contributed by atoms with van der Waals surface area (Å²) in [6, 6.07) is -0.612. The van der Waals surface area contributed by atoms with Gasteiger partial charge >= 0.3 is 11.9 Å². The van der Waals surface area contributed by atoms with Crippen molar-refractivity contribution in [3.8, 4) is 0 Å². The van der Waals surface area contributed by atoms with Gasteiger partial charge in [-0.25, -0.2) is 4.79 Å². The minimum Gasteiger partial charge on any atom is -0.480 e. The third-order valence-corrected chi connectivity index (χ3v) is 3.79. The van der Waals surface area contributed by atoms with Crippen LogP contribution < -0.4 is 5.73 Å². The van der Waals surface area contributed by atoms with Crippen molar-refractivity contribution < 1.29 is 24.9 Å². The molecule has 18 heavy (non-hydrogen) atoms. The van der Waals surface area contributed by atoms with Crippen LogP contribution in [0.5, 0.6) is 0 Å². The highest BCUT2D eigenvalue weighted by molar-refractivity contribution is 5.73. The molecule has 2 fully saturated rings. The van der Waals surface area contributed by atoms with Crippen molar-refractivity contribution >= 4 is 11.9 Å². The molecule has 0 aromatic carbocycles. The van der Waals surface area contributed by atoms with E-state index < -0.39 is 24.1 Å². The first-order chi connectivity index (χ1) is 8.43. The average Bonchev–Trinajstić information content (AvgIpc) is 2.12. The van der Waals surface area contributed by atoms with E-state index >= 15 is 0 Å². The highest BCUT2D eigenvalue weighted by atomic mass is 16.4. The van der Waals surface area contributed by atoms with Gasteiger partial charge in [0.25, 0.3) is 0 Å². The lowest BCUT2D eigenvalue weighted by molar-refractivity contribution is -0.151. The molecule has 0 aliphatic heterocycles. The molecule has 0 aromatic rings. The van der Waals surface area contributed by atoms with Crippen molar-refractivity contribution in [2.75, 3.05) is 0 Å². The van der Waals surface area contributed by atoms with E-state index in [0.29, 0.717) is 0 Å². The maximum absolute atomic E-state index is 10.2. The van der Waals surface area contributed by atoms with E-state index in [4.69, 9.17) is 21.1 Å². The van der Waals surface area contributed by atoms with Crippen LogP contribution in [0.2, 0.25) is 0 Å². The second kappa shape index (κ2) is 6.70. The Bertz CT molecular complexity index is 269. The molecule has 2 saturated carbocycles. The number of carbonyl (C=O) groups is 2. The van der Waals surface area contributed by atoms with Gasteiger partial charge in [0, 0.05) is 0 Å². The molecule has 2 rings (SSSR count). The van der Waals surface area contributed by atoms with Crippen molar-refractivity contribution in [3.63, 3.8) is 0 Å². The molecule has 5 N–H and O–H groups in total. The summed E-state index contributed by atoms with van der Waals surface area (Å²) in [7, 11) is 0. The molecule has 0 radical (unpaired) electrons. The Morgan fingerprint density at radius 2 is 1.39 bits per heavy atom. The van der Waals surface area contributed by atoms with Gasteiger partial charge < -0.3 is 21.1 Å². The van der Waals surface area contributed by atoms with Gasteiger partial charge in [0.2, 0.25) is 0 Å². The Morgan fingerprint density at radius 1 is 0.944 bits per heavy atom. The first-order valence-corrected chi connectivity index (χ1v) is 6.32. The molecule has 2 aliphatic rings. The number of hydrogen-bond donors (Lipinski definition) is 4. The lowest BCUT2D eigenvalue weighted by atomic mass is 9.80. The summed E-state index contributed by atoms with van der Waals surface area (Å²) in [6.07, 6.45) is 4.82. The highest BCUT2D eigenvalue weighted by Gasteiger charge is 2.30. The Hall–Kier alpha value is -1.14. The van der Waals surface area contributed by atoms with Crippen LogP contribution in [0.25, 0.3) is 0 Å². The Morgan fingerprint density at radius 3 is 1.50 bits per heavy atom. The van der Waals surface area contributed by atoms with Crippen LogP contribution >= 0.6 is 0 Å². The largest absolute Gasteiger partial charge is 0.480 e. The summed E-state index contributed by atoms with van der Waals surface area (Å²) in [6.45, 7) is 0. The highest BCUT2D eigenvalue weighted by Crippen LogP contribution is 2.29. The van der Waals surface area contributed by atoms with Crippen LogP contribution in [-0.4, -0.2) is 39.4 Å². The zero-order valence-electron chi connectivity index (χ0n) is 10.3. The molecule has 0 saturated heterocycles. The fourth-order valence-electron chi connectivity index (χ4n) is 1.96. The monoisotopic (exact) mass is 259 g/mol. The molecule has 2 unspecified atom stereocenters. The van der Waals surface area contributed by atoms with Crippen molar-refractivity contribution in [1.29, 1.82) is 0 Å². The standard InChI is InChI=1S/C6H11NO2.C6H10O3/c2*7-5(6(8)9)4-2-1-3-4/h4-5H,1-3,7H2,(H,8,9);4-5,7H,1-3H2,(H,8,9). The number of nitrogens with two attached hydrogens (primary N) is 1. The molecule has 0 heterocycles. The number of carboxylic acids is 2. The Labute approximate surface area is 106 Å². The van der Waals surface area contributed by atoms with Gasteiger partial charge in [0.05, 0.1) is 0 Å². The molecule has 2 aliphatic carbocycles. The smallest absolute Gasteiger partial charge is 0.332 e. The fourth-order valence-corrected chi connectivity index (χ4v) is 1.96. The molecule has 104 valence electrons. The van der Waals surface area contributed by atoms with Crippen molar-refractivity contribution in [3.05, 3.63) is 0 Å². The SMILES string of the molecule is NC(C(=O)O)C1CCC1.O=C(O)C(O)C1CCC1. The molecule has 2 atom stereocenters. The van der Waals surface area contributed by atoms with Gasteiger partial charge in [-0.3, -0.25) is 4.79 Å². The summed E-state index contributed by atoms with van der Waals surface area (Å²) in [4.78, 5) is 20.3. The number of aliphatic hydroxyl groups excluding tert-OH is 1. The normalized spacial score (nSPS) is 22.8. The first-order valence-electron chi connectivity index (χ1n) is 6.32. The third kappa shape index (κ3) is 3.96. The van der Waals surface area contributed by atoms with Crippen LogP contribution in [0, 0.1) is 11.8 Å². The maximum Gasteiger partial charge on any atom is 0.332 e. The fraction of sp³-hybridized carbons (Fsp3) is 0.833. The van der Waals surface area contributed by atoms with Gasteiger partial charge in [-0.15, -0.1) is 0 Å². The predicted molar refractivity (Wildman–Crippen MR) is 63.9 cm³/mol. The lowest BCUT2D eigenvalue weighted by Crippen LogP contribution is -2.41. The van der Waals surface area contributed by atoms with E-state index in [1.54, 1.807) is 0 Å². The molecule has 0 amide bonds. The van der Waals surface area contributed by atoms with E-state index in [1.165, 1.54) is 0 Å². The summed E-state index contributed by atoms with van der Waals surface area (Å²) < 4.78 is 0. The first kappa shape index (κ1) is 14.9. The zero-order valence-corrected chi connectivity index (χ0v) is 10.3. The molecule has 6 nitrogen and oxygen atoms in total. The van der Waals surface area contributed by atoms with Crippen molar-refractivity contribution in [1.82, 2.24) is 0 Å². The number of aliphatic carboxylic acids is 2. The molecule has 0 spiro atoms. The van der Waals surface area contributed by atoms with E-state index in [0.717, 1.165) is 38.5 Å². The minimum atomic E-state index is -1.11. The van der Waals surface area contributed by atoms with Crippen LogP contribution in [0.15, 0.2) is 0 Å². The third-order valence-electron chi connectivity index (χ3n) is 3.79. The van der Waals surface area contributed by atoms with Crippen molar-refractivity contribution in [2.24, 2.45) is 17.6 Å². The van der Waals surface area contributed by atoms with E-state index in [-0.39, 0.29) is 11.8 Å². The summed E-state index contributed by atoms with van der Waals surface area (Å²) in [5.74, 6) is -1.66. The van der Waals surface area contributed by atoms with E-state index in [2.05, 4.69) is 0 Å². The van der Waals surface area contributed by atoms with Crippen LogP contribution in [0.3, 0.4) is 0 Å². The van der Waals surface area contributed by atoms with E-state index in [1.807, 2.05) is 0 Å². The second-order valence-corrected chi connectivity index (χ2v) is 5.03. The van der Waals surface area contributed by atoms with Gasteiger partial charge in [0.1, 0.15) is 6.04 Å². The van der Waals surface area contributed by atoms with Gasteiger partial charge in [-0.05, 0) is 37.5 Å². The topological polar surface area (TPSA) is 121 Å². The van der Waals surface area contributed by atoms with Crippen LogP contribution in [0.4, 0.5) is 0 Å². The van der Waals surface area contributed by atoms with Crippen molar-refractivity contribution in [2.45, 2.75) is 50.7 Å². The number of hydrogen-bond acceptors (Lipinski definition) is 4. The number of rotatable bonds is 4. The van der Waals surface area contributed by atoms with Gasteiger partial charge in [-0.1, -0.05) is 12.8 Å². The molecular weight excluding hydrogens is 238 g/mol. The summed E-state index contributed by atoms with van der Waals surface area (Å²) >= 11 is 0. The van der Waals surface area contributed by atoms with Gasteiger partial charge in [0.15, 0.2) is 6.10 Å². The average molecular weight is 259 g/mol. The molecule has 6 heteroatoms. The summed E-state index contributed by atoms with van der Waals surface area (Å²) in [5.41, 5.74) is 5.32. The predicted octanol–water partition coefficient (Wildman–Crippen LogP) is 0.430. The molecule has 0 aromatic heterocycles. The number of aliphatic hydroxyl groups is 1. The van der Waals surface area contributed by atoms with Gasteiger partial charge in [-0.2, -0.15) is 0 Å². The Kier molecular flexibility index (Phi) is 5.55. The van der Waals surface area contributed by atoms with E-state index in [9.17, 15) is 9.59 Å². The maximum atomic E-state index is 10.2. The minimum absolute atomic E-state index is 0.0301. The Balaban J connectivity index is 0.000000180. The zero-order chi connectivity index (χ0) is 13.7. The molecule has 0 bridgehead atoms. The van der Waals surface area contributed by atoms with Crippen LogP contribution in [-0.2, 0) is 9.59 Å².